The number of phenols is 1. The molecule has 0 aliphatic carbocycles. The Morgan fingerprint density at radius 2 is 1.96 bits per heavy atom. The normalized spacial score (nSPS) is 26.9. The van der Waals surface area contributed by atoms with Crippen molar-refractivity contribution in [3.63, 3.8) is 0 Å². The Kier molecular flexibility index (Phi) is 7.89. The van der Waals surface area contributed by atoms with Gasteiger partial charge >= 0.3 is 6.01 Å². The summed E-state index contributed by atoms with van der Waals surface area (Å²) < 4.78 is 83.2. The van der Waals surface area contributed by atoms with E-state index in [0.29, 0.717) is 72.7 Å². The van der Waals surface area contributed by atoms with Gasteiger partial charge in [-0.3, -0.25) is 9.88 Å². The number of anilines is 1. The number of rotatable bonds is 6. The molecule has 260 valence electrons. The number of aromatic hydroxyl groups is 1. The monoisotopic (exact) mass is 697 g/mol. The molecule has 4 aliphatic rings. The molecule has 2 aromatic heterocycles. The molecule has 4 aliphatic heterocycles. The minimum atomic E-state index is -3.69. The van der Waals surface area contributed by atoms with Gasteiger partial charge in [0, 0.05) is 44.4 Å². The van der Waals surface area contributed by atoms with Crippen LogP contribution in [0.15, 0.2) is 30.5 Å². The standard InChI is InChI=1S/C34H38F3N7O4S/c1-2-23-26(36)6-5-20-13-22(45)14-24(27(20)23)29-28(37)30-25(16-38-29)31(43-11-3-7-33(18-43)9-10-39-49(46,47)42-33)41-32(40-30)48-19-34-8-4-12-44(34)17-21(35)15-34/h5-6,13-14,16,21,39,42,45H,2-4,7-12,15,17-19H2,1H3/t21-,33?,34+/m1/s1. The molecule has 15 heteroatoms. The van der Waals surface area contributed by atoms with Crippen molar-refractivity contribution >= 4 is 37.7 Å². The Balaban J connectivity index is 1.27. The van der Waals surface area contributed by atoms with Gasteiger partial charge in [-0.1, -0.05) is 13.0 Å². The van der Waals surface area contributed by atoms with E-state index >= 15 is 8.78 Å². The number of nitrogens with one attached hydrogen (secondary N) is 2. The van der Waals surface area contributed by atoms with E-state index in [1.165, 1.54) is 30.5 Å². The fraction of sp³-hybridized carbons (Fsp3) is 0.500. The summed E-state index contributed by atoms with van der Waals surface area (Å²) >= 11 is 0. The van der Waals surface area contributed by atoms with Crippen LogP contribution in [0.1, 0.15) is 51.0 Å². The van der Waals surface area contributed by atoms with E-state index in [0.717, 1.165) is 19.4 Å². The Morgan fingerprint density at radius 3 is 2.78 bits per heavy atom. The van der Waals surface area contributed by atoms with Gasteiger partial charge in [0.15, 0.2) is 5.82 Å². The van der Waals surface area contributed by atoms with E-state index in [1.807, 2.05) is 4.90 Å². The molecule has 1 unspecified atom stereocenters. The summed E-state index contributed by atoms with van der Waals surface area (Å²) in [5.74, 6) is -1.04. The number of benzene rings is 2. The van der Waals surface area contributed by atoms with Crippen LogP contribution in [0, 0.1) is 11.6 Å². The lowest BCUT2D eigenvalue weighted by Gasteiger charge is -2.45. The zero-order chi connectivity index (χ0) is 34.1. The van der Waals surface area contributed by atoms with Crippen molar-refractivity contribution in [3.8, 4) is 23.0 Å². The third kappa shape index (κ3) is 5.64. The Bertz CT molecular complexity index is 2080. The summed E-state index contributed by atoms with van der Waals surface area (Å²) in [5, 5.41) is 11.9. The number of ether oxygens (including phenoxy) is 1. The Labute approximate surface area is 282 Å². The van der Waals surface area contributed by atoms with Crippen molar-refractivity contribution in [1.29, 1.82) is 0 Å². The molecule has 6 heterocycles. The molecule has 1 spiro atoms. The van der Waals surface area contributed by atoms with Crippen LogP contribution < -0.4 is 19.1 Å². The Hall–Kier alpha value is -3.79. The van der Waals surface area contributed by atoms with Gasteiger partial charge in [0.1, 0.15) is 41.4 Å². The van der Waals surface area contributed by atoms with Crippen LogP contribution in [0.2, 0.25) is 0 Å². The summed E-state index contributed by atoms with van der Waals surface area (Å²) in [6.45, 7) is 4.13. The fourth-order valence-corrected chi connectivity index (χ4v) is 9.87. The first-order valence-corrected chi connectivity index (χ1v) is 18.3. The van der Waals surface area contributed by atoms with E-state index in [1.54, 1.807) is 6.92 Å². The zero-order valence-electron chi connectivity index (χ0n) is 27.1. The van der Waals surface area contributed by atoms with E-state index in [2.05, 4.69) is 24.3 Å². The van der Waals surface area contributed by atoms with Crippen LogP contribution in [0.4, 0.5) is 19.0 Å². The fourth-order valence-electron chi connectivity index (χ4n) is 8.59. The molecule has 3 atom stereocenters. The van der Waals surface area contributed by atoms with Crippen molar-refractivity contribution in [1.82, 2.24) is 29.3 Å². The number of hydrogen-bond donors (Lipinski definition) is 3. The van der Waals surface area contributed by atoms with Gasteiger partial charge in [-0.2, -0.15) is 23.1 Å². The number of halogens is 3. The highest BCUT2D eigenvalue weighted by atomic mass is 32.2. The topological polar surface area (TPSA) is 133 Å². The van der Waals surface area contributed by atoms with E-state index in [4.69, 9.17) is 9.72 Å². The maximum atomic E-state index is 17.0. The number of nitrogens with zero attached hydrogens (tertiary/aromatic N) is 5. The van der Waals surface area contributed by atoms with Crippen LogP contribution in [-0.4, -0.2) is 90.0 Å². The number of pyridine rings is 1. The first-order chi connectivity index (χ1) is 23.5. The summed E-state index contributed by atoms with van der Waals surface area (Å²) in [4.78, 5) is 17.9. The second-order valence-corrected chi connectivity index (χ2v) is 15.4. The van der Waals surface area contributed by atoms with Gasteiger partial charge < -0.3 is 14.7 Å². The molecule has 11 nitrogen and oxygen atoms in total. The van der Waals surface area contributed by atoms with Crippen molar-refractivity contribution in [2.45, 2.75) is 69.1 Å². The number of alkyl halides is 1. The van der Waals surface area contributed by atoms with E-state index in [9.17, 15) is 17.9 Å². The first kappa shape index (κ1) is 32.4. The van der Waals surface area contributed by atoms with Gasteiger partial charge in [0.25, 0.3) is 10.2 Å². The van der Waals surface area contributed by atoms with Crippen molar-refractivity contribution in [2.24, 2.45) is 0 Å². The zero-order valence-corrected chi connectivity index (χ0v) is 27.9. The van der Waals surface area contributed by atoms with Gasteiger partial charge in [-0.05, 0) is 79.6 Å². The number of piperidine rings is 1. The smallest absolute Gasteiger partial charge is 0.319 e. The number of phenolic OH excluding ortho intramolecular Hbond substituents is 1. The third-order valence-electron chi connectivity index (χ3n) is 10.8. The lowest BCUT2D eigenvalue weighted by molar-refractivity contribution is 0.107. The Morgan fingerprint density at radius 1 is 1.12 bits per heavy atom. The summed E-state index contributed by atoms with van der Waals surface area (Å²) in [5.41, 5.74) is -0.873. The molecular formula is C34H38F3N7O4S. The molecule has 0 bridgehead atoms. The molecule has 0 saturated carbocycles. The summed E-state index contributed by atoms with van der Waals surface area (Å²) in [6.07, 6.45) is 4.67. The molecule has 49 heavy (non-hydrogen) atoms. The maximum absolute atomic E-state index is 17.0. The van der Waals surface area contributed by atoms with Crippen molar-refractivity contribution in [3.05, 3.63) is 47.7 Å². The second kappa shape index (κ2) is 11.9. The van der Waals surface area contributed by atoms with Gasteiger partial charge in [-0.15, -0.1) is 0 Å². The highest BCUT2D eigenvalue weighted by Gasteiger charge is 2.49. The average molecular weight is 698 g/mol. The number of aromatic nitrogens is 3. The SMILES string of the molecule is CCc1c(F)ccc2cc(O)cc(-c3ncc4c(N5CCCC6(CCNS(=O)(=O)N6)C5)nc(OC[C@@]56CCCN5C[C@H](F)C6)nc4c3F)c12. The molecule has 3 N–H and O–H groups in total. The van der Waals surface area contributed by atoms with Crippen LogP contribution in [0.25, 0.3) is 32.9 Å². The summed E-state index contributed by atoms with van der Waals surface area (Å²) in [7, 11) is -3.69. The number of aryl methyl sites for hydroxylation is 1. The molecular weight excluding hydrogens is 659 g/mol. The molecule has 4 saturated heterocycles. The third-order valence-corrected chi connectivity index (χ3v) is 12.0. The van der Waals surface area contributed by atoms with Crippen LogP contribution >= 0.6 is 0 Å². The molecule has 8 rings (SSSR count). The van der Waals surface area contributed by atoms with Crippen LogP contribution in [0.5, 0.6) is 11.8 Å². The molecule has 2 aromatic carbocycles. The van der Waals surface area contributed by atoms with Crippen LogP contribution in [0.3, 0.4) is 0 Å². The van der Waals surface area contributed by atoms with Crippen molar-refractivity contribution < 1.29 is 31.4 Å². The lowest BCUT2D eigenvalue weighted by atomic mass is 9.86. The number of fused-ring (bicyclic) bond motifs is 3. The van der Waals surface area contributed by atoms with Gasteiger partial charge in [0.2, 0.25) is 0 Å². The minimum absolute atomic E-state index is 0.0861. The molecule has 4 fully saturated rings. The average Bonchev–Trinajstić information content (AvgIpc) is 3.58. The molecule has 4 aromatic rings. The van der Waals surface area contributed by atoms with Gasteiger partial charge in [0.05, 0.1) is 16.5 Å². The van der Waals surface area contributed by atoms with Crippen LogP contribution in [-0.2, 0) is 16.6 Å². The second-order valence-electron chi connectivity index (χ2n) is 13.9. The predicted molar refractivity (Wildman–Crippen MR) is 179 cm³/mol. The summed E-state index contributed by atoms with van der Waals surface area (Å²) in [6, 6.07) is 5.65. The minimum Gasteiger partial charge on any atom is -0.508 e. The van der Waals surface area contributed by atoms with E-state index < -0.39 is 39.1 Å². The van der Waals surface area contributed by atoms with Gasteiger partial charge in [-0.25, -0.2) is 17.9 Å². The molecule has 0 amide bonds. The van der Waals surface area contributed by atoms with Crippen molar-refractivity contribution in [2.75, 3.05) is 44.2 Å². The highest BCUT2D eigenvalue weighted by molar-refractivity contribution is 7.87. The largest absolute Gasteiger partial charge is 0.508 e. The quantitative estimate of drug-likeness (QED) is 0.266. The predicted octanol–water partition coefficient (Wildman–Crippen LogP) is 4.51. The first-order valence-electron chi connectivity index (χ1n) is 16.8. The lowest BCUT2D eigenvalue weighted by Crippen LogP contribution is -2.65. The van der Waals surface area contributed by atoms with E-state index in [-0.39, 0.29) is 48.2 Å². The maximum Gasteiger partial charge on any atom is 0.319 e. The highest BCUT2D eigenvalue weighted by Crippen LogP contribution is 2.42. The number of hydrogen-bond acceptors (Lipinski definition) is 9. The molecule has 0 radical (unpaired) electrons.